The molecule has 0 fully saturated rings. The lowest BCUT2D eigenvalue weighted by Crippen LogP contribution is -2.21. The van der Waals surface area contributed by atoms with E-state index >= 15 is 0 Å². The molecule has 0 spiro atoms. The van der Waals surface area contributed by atoms with Crippen LogP contribution in [0.4, 0.5) is 15.8 Å². The van der Waals surface area contributed by atoms with Crippen LogP contribution in [0.1, 0.15) is 33.1 Å². The molecule has 1 atom stereocenters. The Morgan fingerprint density at radius 3 is 2.67 bits per heavy atom. The van der Waals surface area contributed by atoms with Gasteiger partial charge in [-0.2, -0.15) is 0 Å². The summed E-state index contributed by atoms with van der Waals surface area (Å²) in [7, 11) is -3.14. The third kappa shape index (κ3) is 5.34. The van der Waals surface area contributed by atoms with Gasteiger partial charge in [0.05, 0.1) is 16.7 Å². The fourth-order valence-corrected chi connectivity index (χ4v) is 3.19. The first-order chi connectivity index (χ1) is 9.76. The Balaban J connectivity index is 2.46. The van der Waals surface area contributed by atoms with Gasteiger partial charge in [0.15, 0.2) is 9.84 Å². The normalized spacial score (nSPS) is 12.9. The number of benzene rings is 1. The molecule has 0 aliphatic rings. The Morgan fingerprint density at radius 1 is 1.43 bits per heavy atom. The summed E-state index contributed by atoms with van der Waals surface area (Å²) >= 11 is 0. The number of hydrogen-bond acceptors (Lipinski definition) is 4. The van der Waals surface area contributed by atoms with Crippen LogP contribution in [-0.4, -0.2) is 25.3 Å². The van der Waals surface area contributed by atoms with E-state index in [0.717, 1.165) is 0 Å². The molecule has 118 valence electrons. The Labute approximate surface area is 124 Å². The second-order valence-corrected chi connectivity index (χ2v) is 7.51. The monoisotopic (exact) mass is 316 g/mol. The predicted octanol–water partition coefficient (Wildman–Crippen LogP) is 2.34. The van der Waals surface area contributed by atoms with Crippen LogP contribution in [0.2, 0.25) is 0 Å². The Morgan fingerprint density at radius 2 is 2.10 bits per heavy atom. The van der Waals surface area contributed by atoms with E-state index in [1.807, 2.05) is 6.92 Å². The maximum Gasteiger partial charge on any atom is 0.224 e. The summed E-state index contributed by atoms with van der Waals surface area (Å²) in [4.78, 5) is 11.7. The van der Waals surface area contributed by atoms with Gasteiger partial charge in [-0.25, -0.2) is 12.8 Å². The summed E-state index contributed by atoms with van der Waals surface area (Å²) in [5.74, 6) is -0.881. The summed E-state index contributed by atoms with van der Waals surface area (Å²) in [6.07, 6.45) is 0.908. The van der Waals surface area contributed by atoms with E-state index in [2.05, 4.69) is 5.32 Å². The third-order valence-electron chi connectivity index (χ3n) is 3.30. The molecule has 1 aromatic rings. The fraction of sp³-hybridized carbons (Fsp3) is 0.500. The van der Waals surface area contributed by atoms with Gasteiger partial charge in [-0.3, -0.25) is 4.79 Å². The molecule has 1 unspecified atom stereocenters. The number of hydrogen-bond donors (Lipinski definition) is 2. The van der Waals surface area contributed by atoms with Crippen molar-refractivity contribution in [2.24, 2.45) is 0 Å². The van der Waals surface area contributed by atoms with Crippen LogP contribution in [0.25, 0.3) is 0 Å². The van der Waals surface area contributed by atoms with E-state index in [4.69, 9.17) is 5.73 Å². The number of halogens is 1. The molecule has 0 saturated heterocycles. The maximum atomic E-state index is 13.0. The molecule has 7 heteroatoms. The van der Waals surface area contributed by atoms with E-state index in [-0.39, 0.29) is 30.2 Å². The lowest BCUT2D eigenvalue weighted by Gasteiger charge is -2.10. The standard InChI is InChI=1S/C14H21FN2O3S/c1-3-10(2)21(19,20)8-4-5-14(18)17-11-6-7-12(15)13(16)9-11/h6-7,9-10H,3-5,8,16H2,1-2H3,(H,17,18). The van der Waals surface area contributed by atoms with E-state index in [0.29, 0.717) is 12.1 Å². The summed E-state index contributed by atoms with van der Waals surface area (Å²) in [6, 6.07) is 3.89. The second kappa shape index (κ2) is 7.40. The number of anilines is 2. The lowest BCUT2D eigenvalue weighted by atomic mass is 10.2. The van der Waals surface area contributed by atoms with E-state index in [9.17, 15) is 17.6 Å². The van der Waals surface area contributed by atoms with Gasteiger partial charge < -0.3 is 11.1 Å². The van der Waals surface area contributed by atoms with Gasteiger partial charge in [-0.05, 0) is 38.0 Å². The SMILES string of the molecule is CCC(C)S(=O)(=O)CCCC(=O)Nc1ccc(F)c(N)c1. The van der Waals surface area contributed by atoms with Crippen molar-refractivity contribution in [3.8, 4) is 0 Å². The van der Waals surface area contributed by atoms with Gasteiger partial charge in [0, 0.05) is 12.1 Å². The van der Waals surface area contributed by atoms with Crippen molar-refractivity contribution < 1.29 is 17.6 Å². The molecule has 0 aliphatic carbocycles. The van der Waals surface area contributed by atoms with E-state index < -0.39 is 20.9 Å². The molecule has 0 heterocycles. The molecule has 21 heavy (non-hydrogen) atoms. The van der Waals surface area contributed by atoms with Gasteiger partial charge in [-0.15, -0.1) is 0 Å². The van der Waals surface area contributed by atoms with Crippen LogP contribution in [-0.2, 0) is 14.6 Å². The average Bonchev–Trinajstić information content (AvgIpc) is 2.41. The van der Waals surface area contributed by atoms with Crippen molar-refractivity contribution >= 4 is 27.1 Å². The number of nitrogen functional groups attached to an aromatic ring is 1. The highest BCUT2D eigenvalue weighted by molar-refractivity contribution is 7.91. The molecule has 0 aliphatic heterocycles. The van der Waals surface area contributed by atoms with Gasteiger partial charge in [0.1, 0.15) is 5.82 Å². The minimum atomic E-state index is -3.14. The number of amides is 1. The van der Waals surface area contributed by atoms with Crippen LogP contribution in [0.15, 0.2) is 18.2 Å². The molecule has 1 amide bonds. The molecule has 0 aromatic heterocycles. The van der Waals surface area contributed by atoms with Crippen molar-refractivity contribution in [2.45, 2.75) is 38.4 Å². The van der Waals surface area contributed by atoms with Crippen molar-refractivity contribution in [3.63, 3.8) is 0 Å². The van der Waals surface area contributed by atoms with Crippen LogP contribution in [0.5, 0.6) is 0 Å². The van der Waals surface area contributed by atoms with Gasteiger partial charge in [0.2, 0.25) is 5.91 Å². The van der Waals surface area contributed by atoms with Crippen molar-refractivity contribution in [1.82, 2.24) is 0 Å². The molecule has 5 nitrogen and oxygen atoms in total. The zero-order valence-electron chi connectivity index (χ0n) is 12.2. The topological polar surface area (TPSA) is 89.3 Å². The smallest absolute Gasteiger partial charge is 0.224 e. The van der Waals surface area contributed by atoms with Crippen LogP contribution < -0.4 is 11.1 Å². The lowest BCUT2D eigenvalue weighted by molar-refractivity contribution is -0.116. The summed E-state index contributed by atoms with van der Waals surface area (Å²) in [5.41, 5.74) is 5.74. The highest BCUT2D eigenvalue weighted by Gasteiger charge is 2.18. The number of sulfone groups is 1. The molecule has 1 aromatic carbocycles. The largest absolute Gasteiger partial charge is 0.396 e. The number of nitrogens with one attached hydrogen (secondary N) is 1. The Hall–Kier alpha value is -1.63. The molecular formula is C14H21FN2O3S. The summed E-state index contributed by atoms with van der Waals surface area (Å²) in [5, 5.41) is 2.17. The molecule has 0 bridgehead atoms. The van der Waals surface area contributed by atoms with Crippen molar-refractivity contribution in [3.05, 3.63) is 24.0 Å². The zero-order chi connectivity index (χ0) is 16.0. The minimum Gasteiger partial charge on any atom is -0.396 e. The zero-order valence-corrected chi connectivity index (χ0v) is 13.0. The quantitative estimate of drug-likeness (QED) is 0.756. The van der Waals surface area contributed by atoms with Crippen LogP contribution >= 0.6 is 0 Å². The highest BCUT2D eigenvalue weighted by Crippen LogP contribution is 2.16. The first kappa shape index (κ1) is 17.4. The first-order valence-electron chi connectivity index (χ1n) is 6.82. The Bertz CT molecular complexity index is 602. The predicted molar refractivity (Wildman–Crippen MR) is 82.2 cm³/mol. The van der Waals surface area contributed by atoms with Crippen molar-refractivity contribution in [1.29, 1.82) is 0 Å². The second-order valence-electron chi connectivity index (χ2n) is 4.97. The van der Waals surface area contributed by atoms with Crippen LogP contribution in [0, 0.1) is 5.82 Å². The molecule has 3 N–H and O–H groups in total. The maximum absolute atomic E-state index is 13.0. The summed E-state index contributed by atoms with van der Waals surface area (Å²) in [6.45, 7) is 3.48. The molecular weight excluding hydrogens is 295 g/mol. The van der Waals surface area contributed by atoms with Crippen LogP contribution in [0.3, 0.4) is 0 Å². The average molecular weight is 316 g/mol. The fourth-order valence-electron chi connectivity index (χ4n) is 1.73. The number of rotatable bonds is 7. The number of carbonyl (C=O) groups is 1. The third-order valence-corrected chi connectivity index (χ3v) is 5.72. The molecule has 0 saturated carbocycles. The van der Waals surface area contributed by atoms with Gasteiger partial charge >= 0.3 is 0 Å². The summed E-state index contributed by atoms with van der Waals surface area (Å²) < 4.78 is 36.6. The number of carbonyl (C=O) groups excluding carboxylic acids is 1. The highest BCUT2D eigenvalue weighted by atomic mass is 32.2. The minimum absolute atomic E-state index is 0.0129. The van der Waals surface area contributed by atoms with Gasteiger partial charge in [0.25, 0.3) is 0 Å². The number of nitrogens with two attached hydrogens (primary N) is 1. The van der Waals surface area contributed by atoms with Crippen molar-refractivity contribution in [2.75, 3.05) is 16.8 Å². The first-order valence-corrected chi connectivity index (χ1v) is 8.54. The van der Waals surface area contributed by atoms with E-state index in [1.54, 1.807) is 6.92 Å². The molecule has 0 radical (unpaired) electrons. The van der Waals surface area contributed by atoms with E-state index in [1.165, 1.54) is 18.2 Å². The molecule has 1 rings (SSSR count). The van der Waals surface area contributed by atoms with Gasteiger partial charge in [-0.1, -0.05) is 6.92 Å². The Kier molecular flexibility index (Phi) is 6.14.